The molecule has 28 heavy (non-hydrogen) atoms. The van der Waals surface area contributed by atoms with E-state index in [9.17, 15) is 4.79 Å². The van der Waals surface area contributed by atoms with Gasteiger partial charge in [-0.2, -0.15) is 5.10 Å². The van der Waals surface area contributed by atoms with Crippen molar-refractivity contribution < 1.29 is 0 Å². The van der Waals surface area contributed by atoms with Gasteiger partial charge in [-0.1, -0.05) is 0 Å². The average molecular weight is 394 g/mol. The van der Waals surface area contributed by atoms with Crippen LogP contribution in [-0.4, -0.2) is 44.2 Å². The maximum absolute atomic E-state index is 12.8. The molecule has 4 aromatic rings. The Hall–Kier alpha value is -2.51. The first-order valence-electron chi connectivity index (χ1n) is 9.64. The zero-order valence-corrected chi connectivity index (χ0v) is 17.2. The summed E-state index contributed by atoms with van der Waals surface area (Å²) >= 11 is 1.66. The van der Waals surface area contributed by atoms with E-state index in [1.54, 1.807) is 21.8 Å². The highest BCUT2D eigenvalue weighted by atomic mass is 32.1. The number of hydrogen-bond acceptors (Lipinski definition) is 5. The van der Waals surface area contributed by atoms with E-state index >= 15 is 0 Å². The number of rotatable bonds is 2. The van der Waals surface area contributed by atoms with Crippen LogP contribution in [0.15, 0.2) is 35.4 Å². The highest BCUT2D eigenvalue weighted by Crippen LogP contribution is 2.33. The Morgan fingerprint density at radius 1 is 1.11 bits per heavy atom. The van der Waals surface area contributed by atoms with Crippen LogP contribution in [0.25, 0.3) is 27.1 Å². The van der Waals surface area contributed by atoms with E-state index in [0.29, 0.717) is 5.92 Å². The Kier molecular flexibility index (Phi) is 4.10. The molecule has 0 atom stereocenters. The summed E-state index contributed by atoms with van der Waals surface area (Å²) < 4.78 is 3.53. The average Bonchev–Trinajstić information content (AvgIpc) is 3.26. The fraction of sp³-hybridized carbons (Fsp3) is 0.381. The highest BCUT2D eigenvalue weighted by molar-refractivity contribution is 7.17. The van der Waals surface area contributed by atoms with Gasteiger partial charge < -0.3 is 4.90 Å². The molecule has 1 fully saturated rings. The minimum absolute atomic E-state index is 0.0145. The largest absolute Gasteiger partial charge is 0.306 e. The van der Waals surface area contributed by atoms with Gasteiger partial charge >= 0.3 is 0 Å². The van der Waals surface area contributed by atoms with Crippen LogP contribution in [0.4, 0.5) is 0 Å². The molecule has 0 radical (unpaired) electrons. The van der Waals surface area contributed by atoms with Gasteiger partial charge in [0, 0.05) is 41.3 Å². The fourth-order valence-electron chi connectivity index (χ4n) is 4.13. The summed E-state index contributed by atoms with van der Waals surface area (Å²) in [5, 5.41) is 5.57. The first-order valence-corrected chi connectivity index (χ1v) is 10.5. The van der Waals surface area contributed by atoms with Crippen LogP contribution >= 0.6 is 11.3 Å². The smallest absolute Gasteiger partial charge is 0.259 e. The van der Waals surface area contributed by atoms with Gasteiger partial charge in [-0.3, -0.25) is 13.9 Å². The van der Waals surface area contributed by atoms with Gasteiger partial charge in [-0.05, 0) is 63.5 Å². The third-order valence-corrected chi connectivity index (χ3v) is 6.86. The summed E-state index contributed by atoms with van der Waals surface area (Å²) in [6.07, 6.45) is 6.29. The molecule has 3 aromatic heterocycles. The van der Waals surface area contributed by atoms with Crippen molar-refractivity contribution in [2.24, 2.45) is 7.05 Å². The lowest BCUT2D eigenvalue weighted by atomic mass is 9.96. The molecule has 0 N–H and O–H groups in total. The van der Waals surface area contributed by atoms with Crippen LogP contribution in [0.1, 0.15) is 29.2 Å². The van der Waals surface area contributed by atoms with Crippen LogP contribution in [0.2, 0.25) is 0 Å². The Labute approximate surface area is 167 Å². The quantitative estimate of drug-likeness (QED) is 0.524. The molecule has 5 rings (SSSR count). The summed E-state index contributed by atoms with van der Waals surface area (Å²) in [5.74, 6) is 0.528. The molecule has 7 heteroatoms. The van der Waals surface area contributed by atoms with E-state index in [2.05, 4.69) is 29.2 Å². The molecule has 4 heterocycles. The number of hydrogen-bond donors (Lipinski definition) is 0. The second-order valence-electron chi connectivity index (χ2n) is 7.88. The van der Waals surface area contributed by atoms with Crippen LogP contribution in [0.5, 0.6) is 0 Å². The van der Waals surface area contributed by atoms with E-state index < -0.39 is 0 Å². The Morgan fingerprint density at radius 3 is 2.68 bits per heavy atom. The van der Waals surface area contributed by atoms with Gasteiger partial charge in [0.15, 0.2) is 4.96 Å². The maximum Gasteiger partial charge on any atom is 0.259 e. The highest BCUT2D eigenvalue weighted by Gasteiger charge is 2.21. The summed E-state index contributed by atoms with van der Waals surface area (Å²) in [7, 11) is 4.09. The minimum Gasteiger partial charge on any atom is -0.306 e. The molecule has 1 saturated heterocycles. The number of aromatic nitrogens is 4. The Morgan fingerprint density at radius 2 is 1.89 bits per heavy atom. The molecule has 0 amide bonds. The number of nitrogens with zero attached hydrogens (tertiary/aromatic N) is 5. The molecular weight excluding hydrogens is 370 g/mol. The Bertz CT molecular complexity index is 1240. The molecule has 0 spiro atoms. The lowest BCUT2D eigenvalue weighted by molar-refractivity contribution is 0.256. The lowest BCUT2D eigenvalue weighted by Gasteiger charge is -2.27. The molecule has 1 aromatic carbocycles. The molecule has 0 saturated carbocycles. The number of aryl methyl sites for hydroxylation is 2. The summed E-state index contributed by atoms with van der Waals surface area (Å²) in [4.78, 5) is 22.0. The SMILES string of the molecule is Cc1cc(-c2cc(=O)n3cc(C4CCN(C)CC4)sc3n2)cc2cn(C)nc12. The second kappa shape index (κ2) is 6.53. The van der Waals surface area contributed by atoms with E-state index in [-0.39, 0.29) is 5.56 Å². The van der Waals surface area contributed by atoms with Crippen molar-refractivity contribution in [3.63, 3.8) is 0 Å². The van der Waals surface area contributed by atoms with Crippen LogP contribution in [0, 0.1) is 6.92 Å². The number of likely N-dealkylation sites (tertiary alicyclic amines) is 1. The molecule has 6 nitrogen and oxygen atoms in total. The maximum atomic E-state index is 12.8. The normalized spacial score (nSPS) is 16.4. The topological polar surface area (TPSA) is 55.4 Å². The molecule has 0 aliphatic carbocycles. The van der Waals surface area contributed by atoms with Gasteiger partial charge in [-0.15, -0.1) is 11.3 Å². The van der Waals surface area contributed by atoms with Gasteiger partial charge in [0.25, 0.3) is 5.56 Å². The predicted molar refractivity (Wildman–Crippen MR) is 113 cm³/mol. The zero-order valence-electron chi connectivity index (χ0n) is 16.3. The number of piperidine rings is 1. The zero-order chi connectivity index (χ0) is 19.4. The van der Waals surface area contributed by atoms with Gasteiger partial charge in [0.2, 0.25) is 0 Å². The number of fused-ring (bicyclic) bond motifs is 2. The summed E-state index contributed by atoms with van der Waals surface area (Å²) in [5.41, 5.74) is 3.76. The van der Waals surface area contributed by atoms with Crippen LogP contribution < -0.4 is 5.56 Å². The summed E-state index contributed by atoms with van der Waals surface area (Å²) in [6, 6.07) is 5.79. The minimum atomic E-state index is -0.0145. The van der Waals surface area contributed by atoms with Crippen molar-refractivity contribution in [3.05, 3.63) is 51.4 Å². The van der Waals surface area contributed by atoms with Crippen molar-refractivity contribution in [2.45, 2.75) is 25.7 Å². The van der Waals surface area contributed by atoms with Gasteiger partial charge in [0.1, 0.15) is 0 Å². The van der Waals surface area contributed by atoms with Crippen molar-refractivity contribution >= 4 is 27.2 Å². The molecule has 144 valence electrons. The first-order chi connectivity index (χ1) is 13.5. The van der Waals surface area contributed by atoms with Crippen molar-refractivity contribution in [2.75, 3.05) is 20.1 Å². The molecule has 0 unspecified atom stereocenters. The van der Waals surface area contributed by atoms with Crippen LogP contribution in [-0.2, 0) is 7.05 Å². The van der Waals surface area contributed by atoms with E-state index in [0.717, 1.165) is 58.6 Å². The third-order valence-electron chi connectivity index (χ3n) is 5.72. The lowest BCUT2D eigenvalue weighted by Crippen LogP contribution is -2.28. The third kappa shape index (κ3) is 2.95. The van der Waals surface area contributed by atoms with Crippen LogP contribution in [0.3, 0.4) is 0 Å². The van der Waals surface area contributed by atoms with Crippen molar-refractivity contribution in [1.82, 2.24) is 24.1 Å². The van der Waals surface area contributed by atoms with Gasteiger partial charge in [0.05, 0.1) is 11.2 Å². The number of benzene rings is 1. The molecular formula is C21H23N5OS. The number of thiazole rings is 1. The predicted octanol–water partition coefficient (Wildman–Crippen LogP) is 3.43. The fourth-order valence-corrected chi connectivity index (χ4v) is 5.28. The van der Waals surface area contributed by atoms with Crippen molar-refractivity contribution in [1.29, 1.82) is 0 Å². The standard InChI is InChI=1S/C21H23N5OS/c1-13-8-15(9-16-11-25(3)23-20(13)16)17-10-19(27)26-12-18(28-21(26)22-17)14-4-6-24(2)7-5-14/h8-12,14H,4-7H2,1-3H3. The molecule has 1 aliphatic rings. The van der Waals surface area contributed by atoms with Gasteiger partial charge in [-0.25, -0.2) is 4.98 Å². The van der Waals surface area contributed by atoms with E-state index in [1.807, 2.05) is 31.0 Å². The molecule has 1 aliphatic heterocycles. The first kappa shape index (κ1) is 17.6. The molecule has 0 bridgehead atoms. The Balaban J connectivity index is 1.58. The summed E-state index contributed by atoms with van der Waals surface area (Å²) in [6.45, 7) is 4.27. The van der Waals surface area contributed by atoms with Crippen molar-refractivity contribution in [3.8, 4) is 11.3 Å². The second-order valence-corrected chi connectivity index (χ2v) is 8.92. The monoisotopic (exact) mass is 393 g/mol. The van der Waals surface area contributed by atoms with E-state index in [1.165, 1.54) is 4.88 Å². The van der Waals surface area contributed by atoms with E-state index in [4.69, 9.17) is 4.98 Å².